The predicted octanol–water partition coefficient (Wildman–Crippen LogP) is 3.08. The third kappa shape index (κ3) is 3.00. The second-order valence-electron chi connectivity index (χ2n) is 4.30. The molecule has 0 heterocycles. The number of hydrogen-bond donors (Lipinski definition) is 2. The maximum Gasteiger partial charge on any atom is 0.335 e. The molecule has 5 heteroatoms. The van der Waals surface area contributed by atoms with E-state index in [2.05, 4.69) is 5.32 Å². The van der Waals surface area contributed by atoms with Crippen molar-refractivity contribution in [1.82, 2.24) is 0 Å². The van der Waals surface area contributed by atoms with Gasteiger partial charge in [-0.2, -0.15) is 0 Å². The first-order chi connectivity index (χ1) is 9.47. The first-order valence-corrected chi connectivity index (χ1v) is 5.88. The van der Waals surface area contributed by atoms with Gasteiger partial charge in [-0.1, -0.05) is 0 Å². The van der Waals surface area contributed by atoms with Crippen molar-refractivity contribution < 1.29 is 19.1 Å². The Kier molecular flexibility index (Phi) is 3.79. The smallest absolute Gasteiger partial charge is 0.335 e. The van der Waals surface area contributed by atoms with Crippen molar-refractivity contribution in [3.63, 3.8) is 0 Å². The van der Waals surface area contributed by atoms with Gasteiger partial charge in [0, 0.05) is 11.3 Å². The van der Waals surface area contributed by atoms with Crippen LogP contribution >= 0.6 is 0 Å². The number of aryl methyl sites for hydroxylation is 1. The van der Waals surface area contributed by atoms with Crippen molar-refractivity contribution in [3.8, 4) is 0 Å². The van der Waals surface area contributed by atoms with E-state index in [1.807, 2.05) is 0 Å². The van der Waals surface area contributed by atoms with Gasteiger partial charge in [0.05, 0.1) is 5.56 Å². The van der Waals surface area contributed by atoms with Gasteiger partial charge in [-0.25, -0.2) is 9.18 Å². The molecule has 0 bridgehead atoms. The Balaban J connectivity index is 2.15. The van der Waals surface area contributed by atoms with Gasteiger partial charge < -0.3 is 10.4 Å². The van der Waals surface area contributed by atoms with E-state index in [1.54, 1.807) is 6.92 Å². The number of aromatic carboxylic acids is 1. The summed E-state index contributed by atoms with van der Waals surface area (Å²) in [5, 5.41) is 11.4. The van der Waals surface area contributed by atoms with Crippen LogP contribution in [0.3, 0.4) is 0 Å². The fourth-order valence-corrected chi connectivity index (χ4v) is 1.69. The van der Waals surface area contributed by atoms with Crippen LogP contribution in [-0.4, -0.2) is 17.0 Å². The van der Waals surface area contributed by atoms with E-state index in [4.69, 9.17) is 5.11 Å². The maximum absolute atomic E-state index is 13.1. The summed E-state index contributed by atoms with van der Waals surface area (Å²) >= 11 is 0. The molecule has 0 saturated heterocycles. The number of benzene rings is 2. The van der Waals surface area contributed by atoms with Gasteiger partial charge in [0.2, 0.25) is 0 Å². The minimum absolute atomic E-state index is 0.110. The lowest BCUT2D eigenvalue weighted by atomic mass is 10.1. The van der Waals surface area contributed by atoms with Crippen LogP contribution in [0.5, 0.6) is 0 Å². The van der Waals surface area contributed by atoms with E-state index < -0.39 is 5.97 Å². The van der Waals surface area contributed by atoms with Crippen LogP contribution in [0.15, 0.2) is 42.5 Å². The second-order valence-corrected chi connectivity index (χ2v) is 4.30. The van der Waals surface area contributed by atoms with Crippen molar-refractivity contribution in [3.05, 3.63) is 65.0 Å². The molecule has 0 saturated carbocycles. The number of rotatable bonds is 3. The average molecular weight is 273 g/mol. The third-order valence-electron chi connectivity index (χ3n) is 2.81. The third-order valence-corrected chi connectivity index (χ3v) is 2.81. The van der Waals surface area contributed by atoms with Crippen LogP contribution in [0.4, 0.5) is 10.1 Å². The van der Waals surface area contributed by atoms with E-state index in [9.17, 15) is 14.0 Å². The maximum atomic E-state index is 13.1. The highest BCUT2D eigenvalue weighted by atomic mass is 19.1. The topological polar surface area (TPSA) is 66.4 Å². The largest absolute Gasteiger partial charge is 0.478 e. The summed E-state index contributed by atoms with van der Waals surface area (Å²) in [6.07, 6.45) is 0. The van der Waals surface area contributed by atoms with Crippen molar-refractivity contribution in [1.29, 1.82) is 0 Å². The number of carboxylic acids is 1. The molecule has 4 nitrogen and oxygen atoms in total. The highest BCUT2D eigenvalue weighted by Gasteiger charge is 2.09. The summed E-state index contributed by atoms with van der Waals surface area (Å²) in [6.45, 7) is 1.60. The van der Waals surface area contributed by atoms with Crippen molar-refractivity contribution in [2.75, 3.05) is 5.32 Å². The molecule has 0 aromatic heterocycles. The van der Waals surface area contributed by atoms with Gasteiger partial charge >= 0.3 is 5.97 Å². The van der Waals surface area contributed by atoms with Gasteiger partial charge in [-0.3, -0.25) is 4.79 Å². The van der Waals surface area contributed by atoms with Crippen molar-refractivity contribution in [2.45, 2.75) is 6.92 Å². The summed E-state index contributed by atoms with van der Waals surface area (Å²) in [5.41, 5.74) is 1.36. The first-order valence-electron chi connectivity index (χ1n) is 5.88. The number of carbonyl (C=O) groups is 2. The molecule has 0 unspecified atom stereocenters. The molecular formula is C15H12FNO3. The minimum Gasteiger partial charge on any atom is -0.478 e. The summed E-state index contributed by atoms with van der Waals surface area (Å²) in [7, 11) is 0. The molecule has 2 aromatic rings. The van der Waals surface area contributed by atoms with E-state index in [0.717, 1.165) is 0 Å². The Morgan fingerprint density at radius 2 is 1.65 bits per heavy atom. The molecule has 2 N–H and O–H groups in total. The van der Waals surface area contributed by atoms with Crippen LogP contribution in [0.1, 0.15) is 26.3 Å². The zero-order chi connectivity index (χ0) is 14.7. The summed E-state index contributed by atoms with van der Waals surface area (Å²) < 4.78 is 13.1. The number of amides is 1. The Morgan fingerprint density at radius 3 is 2.20 bits per heavy atom. The van der Waals surface area contributed by atoms with Crippen molar-refractivity contribution >= 4 is 17.6 Å². The lowest BCUT2D eigenvalue weighted by Gasteiger charge is -2.07. The second kappa shape index (κ2) is 5.52. The fraction of sp³-hybridized carbons (Fsp3) is 0.0667. The van der Waals surface area contributed by atoms with Gasteiger partial charge in [0.1, 0.15) is 5.82 Å². The molecule has 20 heavy (non-hydrogen) atoms. The summed E-state index contributed by atoms with van der Waals surface area (Å²) in [4.78, 5) is 22.6. The van der Waals surface area contributed by atoms with Crippen LogP contribution < -0.4 is 5.32 Å². The number of nitrogens with one attached hydrogen (secondary N) is 1. The highest BCUT2D eigenvalue weighted by Crippen LogP contribution is 2.15. The average Bonchev–Trinajstić information content (AvgIpc) is 2.43. The molecule has 102 valence electrons. The molecule has 1 amide bonds. The zero-order valence-electron chi connectivity index (χ0n) is 10.7. The van der Waals surface area contributed by atoms with Crippen LogP contribution in [0.25, 0.3) is 0 Å². The SMILES string of the molecule is Cc1cc(NC(=O)c2ccc(C(=O)O)cc2)ccc1F. The Labute approximate surface area is 114 Å². The molecule has 2 aromatic carbocycles. The standard InChI is InChI=1S/C15H12FNO3/c1-9-8-12(6-7-13(9)16)17-14(18)10-2-4-11(5-3-10)15(19)20/h2-8H,1H3,(H,17,18)(H,19,20). The molecule has 0 aliphatic heterocycles. The monoisotopic (exact) mass is 273 g/mol. The van der Waals surface area contributed by atoms with Crippen molar-refractivity contribution in [2.24, 2.45) is 0 Å². The Morgan fingerprint density at radius 1 is 1.05 bits per heavy atom. The quantitative estimate of drug-likeness (QED) is 0.903. The lowest BCUT2D eigenvalue weighted by molar-refractivity contribution is 0.0696. The number of carboxylic acid groups (broad SMARTS) is 1. The number of anilines is 1. The number of hydrogen-bond acceptors (Lipinski definition) is 2. The minimum atomic E-state index is -1.05. The molecule has 0 aliphatic carbocycles. The lowest BCUT2D eigenvalue weighted by Crippen LogP contribution is -2.12. The van der Waals surface area contributed by atoms with Crippen LogP contribution in [0.2, 0.25) is 0 Å². The van der Waals surface area contributed by atoms with Gasteiger partial charge in [0.15, 0.2) is 0 Å². The molecule has 0 atom stereocenters. The Bertz CT molecular complexity index is 665. The summed E-state index contributed by atoms with van der Waals surface area (Å²) in [5.74, 6) is -1.77. The predicted molar refractivity (Wildman–Crippen MR) is 72.5 cm³/mol. The molecular weight excluding hydrogens is 261 g/mol. The number of halogens is 1. The van der Waals surface area contributed by atoms with Crippen LogP contribution in [0, 0.1) is 12.7 Å². The Hall–Kier alpha value is -2.69. The van der Waals surface area contributed by atoms with E-state index in [-0.39, 0.29) is 17.3 Å². The molecule has 0 aliphatic rings. The van der Waals surface area contributed by atoms with Gasteiger partial charge in [-0.15, -0.1) is 0 Å². The van der Waals surface area contributed by atoms with E-state index in [0.29, 0.717) is 16.8 Å². The highest BCUT2D eigenvalue weighted by molar-refractivity contribution is 6.04. The van der Waals surface area contributed by atoms with E-state index >= 15 is 0 Å². The molecule has 0 radical (unpaired) electrons. The van der Waals surface area contributed by atoms with E-state index in [1.165, 1.54) is 42.5 Å². The van der Waals surface area contributed by atoms with Gasteiger partial charge in [0.25, 0.3) is 5.91 Å². The van der Waals surface area contributed by atoms with Crippen LogP contribution in [-0.2, 0) is 0 Å². The number of carbonyl (C=O) groups excluding carboxylic acids is 1. The van der Waals surface area contributed by atoms with Gasteiger partial charge in [-0.05, 0) is 55.0 Å². The molecule has 2 rings (SSSR count). The molecule has 0 fully saturated rings. The molecule has 0 spiro atoms. The zero-order valence-corrected chi connectivity index (χ0v) is 10.7. The summed E-state index contributed by atoms with van der Waals surface area (Å²) in [6, 6.07) is 9.83. The normalized spacial score (nSPS) is 10.1. The first kappa shape index (κ1) is 13.7. The fourth-order valence-electron chi connectivity index (χ4n) is 1.69.